The van der Waals surface area contributed by atoms with Gasteiger partial charge in [-0.3, -0.25) is 0 Å². The first-order valence-electron chi connectivity index (χ1n) is 7.39. The minimum Gasteiger partial charge on any atom is -0.497 e. The molecule has 1 saturated heterocycles. The van der Waals surface area contributed by atoms with Crippen LogP contribution in [0.4, 0.5) is 4.39 Å². The lowest BCUT2D eigenvalue weighted by Crippen LogP contribution is -2.25. The molecule has 0 spiro atoms. The zero-order valence-electron chi connectivity index (χ0n) is 12.3. The second kappa shape index (κ2) is 7.60. The van der Waals surface area contributed by atoms with Crippen molar-refractivity contribution in [2.45, 2.75) is 32.2 Å². The van der Waals surface area contributed by atoms with Gasteiger partial charge in [-0.15, -0.1) is 0 Å². The molecule has 0 saturated carbocycles. The highest BCUT2D eigenvalue weighted by atomic mass is 19.1. The summed E-state index contributed by atoms with van der Waals surface area (Å²) >= 11 is 0. The number of nitrogens with one attached hydrogen (secondary N) is 1. The van der Waals surface area contributed by atoms with E-state index in [1.54, 1.807) is 7.11 Å². The van der Waals surface area contributed by atoms with Crippen molar-refractivity contribution in [3.05, 3.63) is 29.6 Å². The van der Waals surface area contributed by atoms with Crippen LogP contribution >= 0.6 is 0 Å². The molecule has 2 unspecified atom stereocenters. The van der Waals surface area contributed by atoms with Gasteiger partial charge in [-0.2, -0.15) is 0 Å². The Balaban J connectivity index is 2.11. The van der Waals surface area contributed by atoms with E-state index >= 15 is 0 Å². The predicted molar refractivity (Wildman–Crippen MR) is 77.5 cm³/mol. The lowest BCUT2D eigenvalue weighted by Gasteiger charge is -2.22. The summed E-state index contributed by atoms with van der Waals surface area (Å²) in [5.41, 5.74) is 0.728. The van der Waals surface area contributed by atoms with Gasteiger partial charge in [0.1, 0.15) is 11.6 Å². The first-order valence-corrected chi connectivity index (χ1v) is 7.39. The number of benzene rings is 1. The Morgan fingerprint density at radius 3 is 2.95 bits per heavy atom. The fourth-order valence-corrected chi connectivity index (χ4v) is 2.66. The van der Waals surface area contributed by atoms with Crippen molar-refractivity contribution in [2.75, 3.05) is 26.9 Å². The molecule has 0 bridgehead atoms. The van der Waals surface area contributed by atoms with Crippen LogP contribution in [0, 0.1) is 11.7 Å². The number of hydrogen-bond donors (Lipinski definition) is 1. The van der Waals surface area contributed by atoms with E-state index in [-0.39, 0.29) is 11.9 Å². The fraction of sp³-hybridized carbons (Fsp3) is 0.625. The molecule has 1 aromatic rings. The maximum atomic E-state index is 14.2. The quantitative estimate of drug-likeness (QED) is 0.832. The van der Waals surface area contributed by atoms with Gasteiger partial charge in [0.25, 0.3) is 0 Å². The molecular formula is C16H24FNO2. The van der Waals surface area contributed by atoms with Crippen LogP contribution in [0.1, 0.15) is 37.8 Å². The van der Waals surface area contributed by atoms with Crippen LogP contribution in [0.5, 0.6) is 5.75 Å². The van der Waals surface area contributed by atoms with Gasteiger partial charge in [0, 0.05) is 30.9 Å². The van der Waals surface area contributed by atoms with Crippen molar-refractivity contribution >= 4 is 0 Å². The highest BCUT2D eigenvalue weighted by molar-refractivity contribution is 5.31. The Labute approximate surface area is 120 Å². The van der Waals surface area contributed by atoms with Crippen molar-refractivity contribution < 1.29 is 13.9 Å². The summed E-state index contributed by atoms with van der Waals surface area (Å²) in [6.07, 6.45) is 3.03. The summed E-state index contributed by atoms with van der Waals surface area (Å²) in [7, 11) is 1.55. The van der Waals surface area contributed by atoms with Gasteiger partial charge in [0.15, 0.2) is 0 Å². The summed E-state index contributed by atoms with van der Waals surface area (Å²) in [6, 6.07) is 5.16. The van der Waals surface area contributed by atoms with E-state index < -0.39 is 0 Å². The number of rotatable bonds is 7. The van der Waals surface area contributed by atoms with Crippen molar-refractivity contribution in [2.24, 2.45) is 5.92 Å². The van der Waals surface area contributed by atoms with Gasteiger partial charge in [-0.05, 0) is 37.8 Å². The third-order valence-electron chi connectivity index (χ3n) is 3.82. The molecule has 20 heavy (non-hydrogen) atoms. The number of methoxy groups -OCH3 is 1. The smallest absolute Gasteiger partial charge is 0.131 e. The Bertz CT molecular complexity index is 419. The fourth-order valence-electron chi connectivity index (χ4n) is 2.66. The summed E-state index contributed by atoms with van der Waals surface area (Å²) in [6.45, 7) is 4.63. The molecule has 0 aromatic heterocycles. The number of halogens is 1. The molecule has 0 radical (unpaired) electrons. The normalized spacial score (nSPS) is 20.1. The largest absolute Gasteiger partial charge is 0.497 e. The lowest BCUT2D eigenvalue weighted by atomic mass is 9.93. The predicted octanol–water partition coefficient (Wildman–Crippen LogP) is 3.30. The molecule has 1 aromatic carbocycles. The van der Waals surface area contributed by atoms with E-state index in [1.165, 1.54) is 6.07 Å². The van der Waals surface area contributed by atoms with Crippen LogP contribution in [0.15, 0.2) is 18.2 Å². The molecule has 1 fully saturated rings. The van der Waals surface area contributed by atoms with Crippen LogP contribution in [-0.2, 0) is 4.74 Å². The Kier molecular flexibility index (Phi) is 5.80. The van der Waals surface area contributed by atoms with Crippen molar-refractivity contribution in [1.82, 2.24) is 5.32 Å². The summed E-state index contributed by atoms with van der Waals surface area (Å²) in [5, 5.41) is 3.45. The molecule has 1 aliphatic heterocycles. The molecule has 2 rings (SSSR count). The van der Waals surface area contributed by atoms with Crippen LogP contribution < -0.4 is 10.1 Å². The van der Waals surface area contributed by atoms with Gasteiger partial charge in [-0.25, -0.2) is 4.39 Å². The van der Waals surface area contributed by atoms with E-state index in [1.807, 2.05) is 12.1 Å². The first-order chi connectivity index (χ1) is 9.74. The molecule has 1 heterocycles. The molecule has 1 aliphatic rings. The van der Waals surface area contributed by atoms with Gasteiger partial charge < -0.3 is 14.8 Å². The molecule has 0 amide bonds. The molecule has 4 heteroatoms. The number of ether oxygens (including phenoxy) is 2. The Morgan fingerprint density at radius 2 is 2.35 bits per heavy atom. The van der Waals surface area contributed by atoms with Crippen molar-refractivity contribution in [1.29, 1.82) is 0 Å². The van der Waals surface area contributed by atoms with Crippen LogP contribution in [0.2, 0.25) is 0 Å². The highest BCUT2D eigenvalue weighted by Crippen LogP contribution is 2.29. The molecular weight excluding hydrogens is 257 g/mol. The molecule has 0 aliphatic carbocycles. The summed E-state index contributed by atoms with van der Waals surface area (Å²) in [5.74, 6) is 0.882. The Morgan fingerprint density at radius 1 is 1.50 bits per heavy atom. The maximum Gasteiger partial charge on any atom is 0.131 e. The monoisotopic (exact) mass is 281 g/mol. The highest BCUT2D eigenvalue weighted by Gasteiger charge is 2.23. The second-order valence-corrected chi connectivity index (χ2v) is 5.36. The maximum absolute atomic E-state index is 14.2. The molecule has 1 N–H and O–H groups in total. The summed E-state index contributed by atoms with van der Waals surface area (Å²) < 4.78 is 24.7. The van der Waals surface area contributed by atoms with E-state index in [4.69, 9.17) is 9.47 Å². The summed E-state index contributed by atoms with van der Waals surface area (Å²) in [4.78, 5) is 0. The van der Waals surface area contributed by atoms with E-state index in [9.17, 15) is 4.39 Å². The van der Waals surface area contributed by atoms with Gasteiger partial charge in [-0.1, -0.05) is 13.0 Å². The molecule has 112 valence electrons. The lowest BCUT2D eigenvalue weighted by molar-refractivity contribution is 0.181. The average Bonchev–Trinajstić information content (AvgIpc) is 2.96. The van der Waals surface area contributed by atoms with Crippen LogP contribution in [0.25, 0.3) is 0 Å². The van der Waals surface area contributed by atoms with Crippen LogP contribution in [0.3, 0.4) is 0 Å². The van der Waals surface area contributed by atoms with Crippen molar-refractivity contribution in [3.8, 4) is 5.75 Å². The third kappa shape index (κ3) is 3.93. The van der Waals surface area contributed by atoms with E-state index in [2.05, 4.69) is 12.2 Å². The van der Waals surface area contributed by atoms with E-state index in [0.717, 1.165) is 44.6 Å². The molecule has 3 nitrogen and oxygen atoms in total. The SMILES string of the molecule is CCCNC(CC1CCOC1)c1ccc(OC)cc1F. The van der Waals surface area contributed by atoms with Gasteiger partial charge in [0.05, 0.1) is 7.11 Å². The standard InChI is InChI=1S/C16H24FNO2/c1-3-7-18-16(9-12-6-8-20-11-12)14-5-4-13(19-2)10-15(14)17/h4-5,10,12,16,18H,3,6-9,11H2,1-2H3. The number of hydrogen-bond acceptors (Lipinski definition) is 3. The van der Waals surface area contributed by atoms with Gasteiger partial charge >= 0.3 is 0 Å². The minimum atomic E-state index is -0.197. The van der Waals surface area contributed by atoms with Crippen LogP contribution in [-0.4, -0.2) is 26.9 Å². The minimum absolute atomic E-state index is 0.0487. The van der Waals surface area contributed by atoms with Gasteiger partial charge in [0.2, 0.25) is 0 Å². The zero-order valence-corrected chi connectivity index (χ0v) is 12.3. The zero-order chi connectivity index (χ0) is 14.4. The first kappa shape index (κ1) is 15.3. The second-order valence-electron chi connectivity index (χ2n) is 5.36. The molecule has 2 atom stereocenters. The Hall–Kier alpha value is -1.13. The average molecular weight is 281 g/mol. The third-order valence-corrected chi connectivity index (χ3v) is 3.82. The van der Waals surface area contributed by atoms with Crippen molar-refractivity contribution in [3.63, 3.8) is 0 Å². The van der Waals surface area contributed by atoms with E-state index in [0.29, 0.717) is 11.7 Å². The topological polar surface area (TPSA) is 30.5 Å².